The Morgan fingerprint density at radius 3 is 2.26 bits per heavy atom. The van der Waals surface area contributed by atoms with Gasteiger partial charge in [0.1, 0.15) is 11.6 Å². The minimum atomic E-state index is -1.10. The fraction of sp³-hybridized carbons (Fsp3) is 0.429. The molecule has 1 aromatic carbocycles. The molecule has 1 amide bonds. The molecule has 0 heterocycles. The van der Waals surface area contributed by atoms with Gasteiger partial charge in [-0.25, -0.2) is 4.79 Å². The van der Waals surface area contributed by atoms with E-state index in [-0.39, 0.29) is 0 Å². The average Bonchev–Trinajstić information content (AvgIpc) is 2.37. The van der Waals surface area contributed by atoms with Gasteiger partial charge in [-0.1, -0.05) is 29.8 Å². The standard InChI is InChI=1S/C14H20N2O3/c1-9-5-7-10(8-6-9)11(15)12(17)16-14(2,3)13(18)19-4/h5-8,11H,15H2,1-4H3,(H,16,17). The monoisotopic (exact) mass is 264 g/mol. The zero-order valence-electron chi connectivity index (χ0n) is 11.7. The molecular formula is C14H20N2O3. The minimum absolute atomic E-state index is 0.417. The number of rotatable bonds is 4. The maximum absolute atomic E-state index is 12.0. The van der Waals surface area contributed by atoms with E-state index in [2.05, 4.69) is 10.1 Å². The zero-order valence-corrected chi connectivity index (χ0v) is 11.7. The molecule has 5 heteroatoms. The highest BCUT2D eigenvalue weighted by Gasteiger charge is 2.32. The Labute approximate surface area is 113 Å². The Kier molecular flexibility index (Phi) is 4.67. The van der Waals surface area contributed by atoms with E-state index in [1.54, 1.807) is 26.0 Å². The van der Waals surface area contributed by atoms with E-state index in [0.29, 0.717) is 5.56 Å². The summed E-state index contributed by atoms with van der Waals surface area (Å²) in [7, 11) is 1.27. The topological polar surface area (TPSA) is 81.4 Å². The van der Waals surface area contributed by atoms with Crippen molar-refractivity contribution in [1.82, 2.24) is 5.32 Å². The van der Waals surface area contributed by atoms with E-state index in [1.807, 2.05) is 19.1 Å². The average molecular weight is 264 g/mol. The first-order chi connectivity index (χ1) is 8.77. The summed E-state index contributed by atoms with van der Waals surface area (Å²) in [6.07, 6.45) is 0. The van der Waals surface area contributed by atoms with Crippen molar-refractivity contribution in [2.24, 2.45) is 5.73 Å². The van der Waals surface area contributed by atoms with Gasteiger partial charge >= 0.3 is 5.97 Å². The number of benzene rings is 1. The molecule has 3 N–H and O–H groups in total. The molecule has 0 radical (unpaired) electrons. The highest BCUT2D eigenvalue weighted by molar-refractivity contribution is 5.90. The predicted octanol–water partition coefficient (Wildman–Crippen LogP) is 1.06. The van der Waals surface area contributed by atoms with Crippen LogP contribution in [0.1, 0.15) is 31.0 Å². The molecule has 19 heavy (non-hydrogen) atoms. The number of hydrogen-bond acceptors (Lipinski definition) is 4. The lowest BCUT2D eigenvalue weighted by atomic mass is 10.0. The number of ether oxygens (including phenoxy) is 1. The number of nitrogens with two attached hydrogens (primary N) is 1. The van der Waals surface area contributed by atoms with Crippen molar-refractivity contribution in [2.75, 3.05) is 7.11 Å². The zero-order chi connectivity index (χ0) is 14.6. The largest absolute Gasteiger partial charge is 0.467 e. The third-order valence-corrected chi connectivity index (χ3v) is 2.85. The third kappa shape index (κ3) is 3.79. The van der Waals surface area contributed by atoms with Crippen LogP contribution in [0.5, 0.6) is 0 Å². The lowest BCUT2D eigenvalue weighted by Crippen LogP contribution is -2.52. The van der Waals surface area contributed by atoms with Gasteiger partial charge in [-0.15, -0.1) is 0 Å². The van der Waals surface area contributed by atoms with Crippen LogP contribution in [0.4, 0.5) is 0 Å². The first-order valence-electron chi connectivity index (χ1n) is 6.00. The first-order valence-corrected chi connectivity index (χ1v) is 6.00. The molecule has 0 aliphatic heterocycles. The Hall–Kier alpha value is -1.88. The quantitative estimate of drug-likeness (QED) is 0.797. The fourth-order valence-corrected chi connectivity index (χ4v) is 1.62. The second-order valence-corrected chi connectivity index (χ2v) is 4.99. The van der Waals surface area contributed by atoms with E-state index in [4.69, 9.17) is 5.73 Å². The fourth-order valence-electron chi connectivity index (χ4n) is 1.62. The molecule has 5 nitrogen and oxygen atoms in total. The Bertz CT molecular complexity index is 466. The number of aryl methyl sites for hydroxylation is 1. The summed E-state index contributed by atoms with van der Waals surface area (Å²) < 4.78 is 4.62. The van der Waals surface area contributed by atoms with Crippen LogP contribution in [-0.4, -0.2) is 24.5 Å². The summed E-state index contributed by atoms with van der Waals surface area (Å²) in [5.41, 5.74) is 6.56. The van der Waals surface area contributed by atoms with Gasteiger partial charge in [0.25, 0.3) is 0 Å². The summed E-state index contributed by atoms with van der Waals surface area (Å²) in [6.45, 7) is 5.09. The predicted molar refractivity (Wildman–Crippen MR) is 72.3 cm³/mol. The number of esters is 1. The summed E-state index contributed by atoms with van der Waals surface area (Å²) in [6, 6.07) is 6.54. The second kappa shape index (κ2) is 5.84. The molecule has 0 aliphatic carbocycles. The Morgan fingerprint density at radius 2 is 1.79 bits per heavy atom. The number of methoxy groups -OCH3 is 1. The Morgan fingerprint density at radius 1 is 1.26 bits per heavy atom. The van der Waals surface area contributed by atoms with Crippen LogP contribution in [0, 0.1) is 6.92 Å². The number of nitrogens with one attached hydrogen (secondary N) is 1. The molecule has 0 saturated carbocycles. The highest BCUT2D eigenvalue weighted by atomic mass is 16.5. The highest BCUT2D eigenvalue weighted by Crippen LogP contribution is 2.13. The Balaban J connectivity index is 2.78. The second-order valence-electron chi connectivity index (χ2n) is 4.99. The lowest BCUT2D eigenvalue weighted by molar-refractivity contribution is -0.149. The van der Waals surface area contributed by atoms with E-state index >= 15 is 0 Å². The number of hydrogen-bond donors (Lipinski definition) is 2. The number of carbonyl (C=O) groups excluding carboxylic acids is 2. The smallest absolute Gasteiger partial charge is 0.330 e. The van der Waals surface area contributed by atoms with Crippen LogP contribution in [0.15, 0.2) is 24.3 Å². The third-order valence-electron chi connectivity index (χ3n) is 2.85. The van der Waals surface area contributed by atoms with E-state index in [0.717, 1.165) is 5.56 Å². The molecule has 0 spiro atoms. The molecule has 0 saturated heterocycles. The van der Waals surface area contributed by atoms with Gasteiger partial charge in [0, 0.05) is 0 Å². The van der Waals surface area contributed by atoms with Crippen molar-refractivity contribution in [3.8, 4) is 0 Å². The molecule has 0 aliphatic rings. The van der Waals surface area contributed by atoms with Gasteiger partial charge in [0.15, 0.2) is 0 Å². The summed E-state index contributed by atoms with van der Waals surface area (Å²) in [4.78, 5) is 23.5. The van der Waals surface area contributed by atoms with Crippen molar-refractivity contribution in [3.63, 3.8) is 0 Å². The molecule has 1 unspecified atom stereocenters. The first kappa shape index (κ1) is 15.2. The van der Waals surface area contributed by atoms with Crippen LogP contribution in [-0.2, 0) is 14.3 Å². The van der Waals surface area contributed by atoms with Gasteiger partial charge in [0.05, 0.1) is 7.11 Å². The van der Waals surface area contributed by atoms with Crippen molar-refractivity contribution < 1.29 is 14.3 Å². The van der Waals surface area contributed by atoms with Gasteiger partial charge in [0.2, 0.25) is 5.91 Å². The van der Waals surface area contributed by atoms with Crippen LogP contribution >= 0.6 is 0 Å². The molecule has 1 aromatic rings. The van der Waals surface area contributed by atoms with Crippen molar-refractivity contribution in [1.29, 1.82) is 0 Å². The minimum Gasteiger partial charge on any atom is -0.467 e. The van der Waals surface area contributed by atoms with E-state index in [9.17, 15) is 9.59 Å². The molecule has 104 valence electrons. The molecule has 1 atom stereocenters. The van der Waals surface area contributed by atoms with Crippen LogP contribution in [0.3, 0.4) is 0 Å². The van der Waals surface area contributed by atoms with E-state index in [1.165, 1.54) is 7.11 Å². The van der Waals surface area contributed by atoms with Crippen LogP contribution < -0.4 is 11.1 Å². The van der Waals surface area contributed by atoms with Crippen LogP contribution in [0.25, 0.3) is 0 Å². The van der Waals surface area contributed by atoms with Gasteiger partial charge in [-0.2, -0.15) is 0 Å². The maximum Gasteiger partial charge on any atom is 0.330 e. The normalized spacial score (nSPS) is 12.7. The lowest BCUT2D eigenvalue weighted by Gasteiger charge is -2.25. The SMILES string of the molecule is COC(=O)C(C)(C)NC(=O)C(N)c1ccc(C)cc1. The molecule has 1 rings (SSSR count). The number of carbonyl (C=O) groups is 2. The summed E-state index contributed by atoms with van der Waals surface area (Å²) in [5, 5.41) is 2.58. The number of amides is 1. The van der Waals surface area contributed by atoms with E-state index < -0.39 is 23.5 Å². The van der Waals surface area contributed by atoms with Crippen molar-refractivity contribution in [3.05, 3.63) is 35.4 Å². The van der Waals surface area contributed by atoms with Gasteiger partial charge in [-0.3, -0.25) is 4.79 Å². The van der Waals surface area contributed by atoms with Crippen molar-refractivity contribution in [2.45, 2.75) is 32.4 Å². The maximum atomic E-state index is 12.0. The molecular weight excluding hydrogens is 244 g/mol. The summed E-state index contributed by atoms with van der Waals surface area (Å²) in [5.74, 6) is -0.934. The van der Waals surface area contributed by atoms with Crippen molar-refractivity contribution >= 4 is 11.9 Å². The molecule has 0 aromatic heterocycles. The van der Waals surface area contributed by atoms with Crippen LogP contribution in [0.2, 0.25) is 0 Å². The summed E-state index contributed by atoms with van der Waals surface area (Å²) >= 11 is 0. The van der Waals surface area contributed by atoms with Gasteiger partial charge in [-0.05, 0) is 26.3 Å². The molecule has 0 fully saturated rings. The molecule has 0 bridgehead atoms. The van der Waals surface area contributed by atoms with Gasteiger partial charge < -0.3 is 15.8 Å².